The van der Waals surface area contributed by atoms with Crippen LogP contribution in [0.5, 0.6) is 0 Å². The average Bonchev–Trinajstić information content (AvgIpc) is 2.70. The molecule has 1 atom stereocenters. The Kier molecular flexibility index (Phi) is 3.64. The molecule has 2 aromatic rings. The maximum absolute atomic E-state index is 5.89. The van der Waals surface area contributed by atoms with Crippen LogP contribution < -0.4 is 5.32 Å². The minimum atomic E-state index is 0.169. The molecule has 1 unspecified atom stereocenters. The Morgan fingerprint density at radius 3 is 2.76 bits per heavy atom. The summed E-state index contributed by atoms with van der Waals surface area (Å²) in [4.78, 5) is 8.57. The van der Waals surface area contributed by atoms with E-state index in [1.165, 1.54) is 0 Å². The molecule has 17 heavy (non-hydrogen) atoms. The van der Waals surface area contributed by atoms with E-state index in [9.17, 15) is 0 Å². The molecule has 0 radical (unpaired) electrons. The van der Waals surface area contributed by atoms with Crippen molar-refractivity contribution >= 4 is 28.6 Å². The Morgan fingerprint density at radius 1 is 1.41 bits per heavy atom. The van der Waals surface area contributed by atoms with Gasteiger partial charge in [-0.05, 0) is 32.4 Å². The van der Waals surface area contributed by atoms with Crippen LogP contribution in [0.15, 0.2) is 17.6 Å². The average molecular weight is 268 g/mol. The molecule has 0 aromatic carbocycles. The first-order chi connectivity index (χ1) is 8.06. The Bertz CT molecular complexity index is 524. The minimum Gasteiger partial charge on any atom is -0.376 e. The third-order valence-corrected chi connectivity index (χ3v) is 3.67. The van der Waals surface area contributed by atoms with Crippen LogP contribution in [0.1, 0.15) is 29.2 Å². The van der Waals surface area contributed by atoms with Crippen molar-refractivity contribution in [3.8, 4) is 0 Å². The molecule has 2 rings (SSSR count). The third-order valence-electron chi connectivity index (χ3n) is 2.48. The second kappa shape index (κ2) is 5.02. The fourth-order valence-electron chi connectivity index (χ4n) is 1.54. The molecular weight excluding hydrogens is 254 g/mol. The predicted octanol–water partition coefficient (Wildman–Crippen LogP) is 3.98. The first kappa shape index (κ1) is 12.3. The smallest absolute Gasteiger partial charge is 0.132 e. The maximum atomic E-state index is 5.89. The van der Waals surface area contributed by atoms with Gasteiger partial charge >= 0.3 is 0 Å². The monoisotopic (exact) mass is 267 g/mol. The van der Waals surface area contributed by atoms with E-state index in [2.05, 4.69) is 27.6 Å². The van der Waals surface area contributed by atoms with Gasteiger partial charge in [0.05, 0.1) is 28.6 Å². The summed E-state index contributed by atoms with van der Waals surface area (Å²) in [5, 5.41) is 7.07. The summed E-state index contributed by atoms with van der Waals surface area (Å²) in [6.07, 6.45) is 1.74. The zero-order chi connectivity index (χ0) is 12.4. The van der Waals surface area contributed by atoms with Crippen LogP contribution in [0, 0.1) is 13.8 Å². The van der Waals surface area contributed by atoms with E-state index in [1.807, 2.05) is 19.9 Å². The van der Waals surface area contributed by atoms with Crippen LogP contribution in [0.2, 0.25) is 5.15 Å². The van der Waals surface area contributed by atoms with Gasteiger partial charge in [-0.3, -0.25) is 0 Å². The lowest BCUT2D eigenvalue weighted by Crippen LogP contribution is -2.07. The van der Waals surface area contributed by atoms with Gasteiger partial charge in [0.1, 0.15) is 5.15 Å². The summed E-state index contributed by atoms with van der Waals surface area (Å²) in [6, 6.07) is 2.16. The molecule has 1 N–H and O–H groups in total. The number of nitrogens with one attached hydrogen (secondary N) is 1. The summed E-state index contributed by atoms with van der Waals surface area (Å²) in [7, 11) is 0. The van der Waals surface area contributed by atoms with Crippen molar-refractivity contribution in [1.29, 1.82) is 0 Å². The molecule has 3 nitrogen and oxygen atoms in total. The highest BCUT2D eigenvalue weighted by Gasteiger charge is 2.09. The highest BCUT2D eigenvalue weighted by Crippen LogP contribution is 2.22. The fourth-order valence-corrected chi connectivity index (χ4v) is 2.35. The van der Waals surface area contributed by atoms with Crippen LogP contribution >= 0.6 is 22.9 Å². The van der Waals surface area contributed by atoms with Crippen molar-refractivity contribution in [1.82, 2.24) is 9.97 Å². The van der Waals surface area contributed by atoms with Gasteiger partial charge < -0.3 is 5.32 Å². The molecule has 0 bridgehead atoms. The third kappa shape index (κ3) is 2.96. The molecular formula is C12H14ClN3S. The van der Waals surface area contributed by atoms with Crippen molar-refractivity contribution in [2.24, 2.45) is 0 Å². The Morgan fingerprint density at radius 2 is 2.18 bits per heavy atom. The number of rotatable bonds is 3. The van der Waals surface area contributed by atoms with E-state index >= 15 is 0 Å². The molecule has 0 saturated heterocycles. The van der Waals surface area contributed by atoms with Crippen molar-refractivity contribution in [3.63, 3.8) is 0 Å². The summed E-state index contributed by atoms with van der Waals surface area (Å²) in [5.74, 6) is 0. The Labute approximate surface area is 110 Å². The van der Waals surface area contributed by atoms with Gasteiger partial charge in [0.2, 0.25) is 0 Å². The number of anilines is 1. The summed E-state index contributed by atoms with van der Waals surface area (Å²) >= 11 is 7.55. The lowest BCUT2D eigenvalue weighted by molar-refractivity contribution is 0.843. The molecule has 0 spiro atoms. The Balaban J connectivity index is 2.12. The second-order valence-corrected chi connectivity index (χ2v) is 5.41. The zero-order valence-electron chi connectivity index (χ0n) is 9.99. The molecule has 0 aliphatic heterocycles. The molecule has 2 heterocycles. The van der Waals surface area contributed by atoms with Crippen molar-refractivity contribution in [2.45, 2.75) is 26.8 Å². The molecule has 0 fully saturated rings. The van der Waals surface area contributed by atoms with Crippen LogP contribution in [-0.4, -0.2) is 9.97 Å². The highest BCUT2D eigenvalue weighted by molar-refractivity contribution is 7.09. The molecule has 2 aromatic heterocycles. The zero-order valence-corrected chi connectivity index (χ0v) is 11.6. The van der Waals surface area contributed by atoms with Crippen LogP contribution in [0.3, 0.4) is 0 Å². The quantitative estimate of drug-likeness (QED) is 0.855. The molecule has 0 amide bonds. The van der Waals surface area contributed by atoms with E-state index < -0.39 is 0 Å². The largest absolute Gasteiger partial charge is 0.376 e. The van der Waals surface area contributed by atoms with Gasteiger partial charge in [0.25, 0.3) is 0 Å². The number of aromatic nitrogens is 2. The number of hydrogen-bond acceptors (Lipinski definition) is 4. The molecule has 0 aliphatic rings. The van der Waals surface area contributed by atoms with E-state index in [4.69, 9.17) is 11.6 Å². The van der Waals surface area contributed by atoms with E-state index in [0.717, 1.165) is 22.0 Å². The van der Waals surface area contributed by atoms with Gasteiger partial charge in [-0.25, -0.2) is 9.97 Å². The SMILES string of the molecule is Cc1nc(C(C)Nc2cnc(Cl)c(C)c2)cs1. The summed E-state index contributed by atoms with van der Waals surface area (Å²) in [5.41, 5.74) is 2.99. The van der Waals surface area contributed by atoms with Crippen molar-refractivity contribution < 1.29 is 0 Å². The lowest BCUT2D eigenvalue weighted by atomic mass is 10.2. The van der Waals surface area contributed by atoms with Crippen LogP contribution in [-0.2, 0) is 0 Å². The number of halogens is 1. The summed E-state index contributed by atoms with van der Waals surface area (Å²) in [6.45, 7) is 6.03. The normalized spacial score (nSPS) is 12.5. The number of aryl methyl sites for hydroxylation is 2. The van der Waals surface area contributed by atoms with Crippen LogP contribution in [0.4, 0.5) is 5.69 Å². The number of pyridine rings is 1. The van der Waals surface area contributed by atoms with Crippen molar-refractivity contribution in [2.75, 3.05) is 5.32 Å². The predicted molar refractivity (Wildman–Crippen MR) is 72.9 cm³/mol. The first-order valence-electron chi connectivity index (χ1n) is 5.37. The number of nitrogens with zero attached hydrogens (tertiary/aromatic N) is 2. The minimum absolute atomic E-state index is 0.169. The maximum Gasteiger partial charge on any atom is 0.132 e. The van der Waals surface area contributed by atoms with Gasteiger partial charge in [-0.2, -0.15) is 0 Å². The van der Waals surface area contributed by atoms with Gasteiger partial charge in [0, 0.05) is 5.38 Å². The topological polar surface area (TPSA) is 37.8 Å². The van der Waals surface area contributed by atoms with Crippen LogP contribution in [0.25, 0.3) is 0 Å². The van der Waals surface area contributed by atoms with Gasteiger partial charge in [-0.15, -0.1) is 11.3 Å². The van der Waals surface area contributed by atoms with E-state index in [-0.39, 0.29) is 6.04 Å². The number of hydrogen-bond donors (Lipinski definition) is 1. The van der Waals surface area contributed by atoms with E-state index in [0.29, 0.717) is 5.15 Å². The fraction of sp³-hybridized carbons (Fsp3) is 0.333. The second-order valence-electron chi connectivity index (χ2n) is 3.99. The van der Waals surface area contributed by atoms with Crippen molar-refractivity contribution in [3.05, 3.63) is 39.1 Å². The number of thiazole rings is 1. The Hall–Kier alpha value is -1.13. The standard InChI is InChI=1S/C12H14ClN3S/c1-7-4-10(5-14-12(7)13)15-8(2)11-6-17-9(3)16-11/h4-6,8,15H,1-3H3. The molecule has 0 aliphatic carbocycles. The van der Waals surface area contributed by atoms with E-state index in [1.54, 1.807) is 17.5 Å². The van der Waals surface area contributed by atoms with Gasteiger partial charge in [-0.1, -0.05) is 11.6 Å². The first-order valence-corrected chi connectivity index (χ1v) is 6.62. The van der Waals surface area contributed by atoms with Gasteiger partial charge in [0.15, 0.2) is 0 Å². The molecule has 90 valence electrons. The lowest BCUT2D eigenvalue weighted by Gasteiger charge is -2.13. The summed E-state index contributed by atoms with van der Waals surface area (Å²) < 4.78 is 0. The molecule has 5 heteroatoms. The highest BCUT2D eigenvalue weighted by atomic mass is 35.5. The molecule has 0 saturated carbocycles.